The van der Waals surface area contributed by atoms with Gasteiger partial charge in [0.15, 0.2) is 0 Å². The Morgan fingerprint density at radius 2 is 1.19 bits per heavy atom. The predicted octanol–water partition coefficient (Wildman–Crippen LogP) is 8.48. The van der Waals surface area contributed by atoms with Crippen molar-refractivity contribution in [3.63, 3.8) is 0 Å². The minimum atomic E-state index is -3.93. The van der Waals surface area contributed by atoms with Crippen molar-refractivity contribution in [3.05, 3.63) is 120 Å². The molecule has 4 aromatic rings. The zero-order valence-electron chi connectivity index (χ0n) is 17.9. The summed E-state index contributed by atoms with van der Waals surface area (Å²) in [5, 5.41) is 0. The van der Waals surface area contributed by atoms with Gasteiger partial charge >= 0.3 is 6.95 Å². The SMILES string of the molecule is CC(C)(c1ccccc1)c1ccc(OP(=O)(Cl)Oc2ccccc2-c2ccccc2)cc1. The minimum Gasteiger partial charge on any atom is -0.405 e. The first kappa shape index (κ1) is 22.2. The number of hydrogen-bond donors (Lipinski definition) is 0. The quantitative estimate of drug-likeness (QED) is 0.258. The molecule has 0 N–H and O–H groups in total. The van der Waals surface area contributed by atoms with Gasteiger partial charge in [0.05, 0.1) is 0 Å². The van der Waals surface area contributed by atoms with Gasteiger partial charge in [0, 0.05) is 22.2 Å². The number of rotatable bonds is 7. The second-order valence-electron chi connectivity index (χ2n) is 7.99. The summed E-state index contributed by atoms with van der Waals surface area (Å²) in [4.78, 5) is 0. The van der Waals surface area contributed by atoms with E-state index in [-0.39, 0.29) is 5.41 Å². The average molecular weight is 463 g/mol. The summed E-state index contributed by atoms with van der Waals surface area (Å²) in [5.41, 5.74) is 3.85. The second kappa shape index (κ2) is 9.24. The summed E-state index contributed by atoms with van der Waals surface area (Å²) in [6.45, 7) is 0.397. The smallest absolute Gasteiger partial charge is 0.405 e. The molecule has 162 valence electrons. The first-order chi connectivity index (χ1) is 15.4. The predicted molar refractivity (Wildman–Crippen MR) is 132 cm³/mol. The van der Waals surface area contributed by atoms with Crippen LogP contribution in [0.4, 0.5) is 0 Å². The summed E-state index contributed by atoms with van der Waals surface area (Å²) in [7, 11) is 0. The Morgan fingerprint density at radius 3 is 1.84 bits per heavy atom. The fraction of sp³-hybridized carbons (Fsp3) is 0.111. The number of hydrogen-bond acceptors (Lipinski definition) is 3. The van der Waals surface area contributed by atoms with E-state index in [1.807, 2.05) is 72.8 Å². The first-order valence-electron chi connectivity index (χ1n) is 10.3. The molecule has 0 aliphatic rings. The van der Waals surface area contributed by atoms with Gasteiger partial charge in [0.25, 0.3) is 0 Å². The van der Waals surface area contributed by atoms with E-state index in [9.17, 15) is 4.57 Å². The lowest BCUT2D eigenvalue weighted by atomic mass is 9.78. The van der Waals surface area contributed by atoms with Crippen molar-refractivity contribution < 1.29 is 13.6 Å². The molecule has 0 saturated heterocycles. The van der Waals surface area contributed by atoms with E-state index < -0.39 is 6.95 Å². The Hall–Kier alpha value is -3.00. The fourth-order valence-corrected chi connectivity index (χ4v) is 4.89. The lowest BCUT2D eigenvalue weighted by molar-refractivity contribution is 0.407. The van der Waals surface area contributed by atoms with E-state index in [2.05, 4.69) is 26.0 Å². The third kappa shape index (κ3) is 5.07. The number of benzene rings is 4. The van der Waals surface area contributed by atoms with Crippen LogP contribution < -0.4 is 9.05 Å². The normalized spacial score (nSPS) is 13.2. The molecule has 5 heteroatoms. The summed E-state index contributed by atoms with van der Waals surface area (Å²) >= 11 is 6.20. The van der Waals surface area contributed by atoms with Crippen LogP contribution in [0.25, 0.3) is 11.1 Å². The highest BCUT2D eigenvalue weighted by Crippen LogP contribution is 2.54. The molecule has 0 aliphatic heterocycles. The molecule has 0 bridgehead atoms. The lowest BCUT2D eigenvalue weighted by Crippen LogP contribution is -2.18. The molecule has 0 aliphatic carbocycles. The van der Waals surface area contributed by atoms with Crippen LogP contribution in [-0.4, -0.2) is 0 Å². The van der Waals surface area contributed by atoms with E-state index in [1.54, 1.807) is 24.3 Å². The van der Waals surface area contributed by atoms with Crippen LogP contribution in [0.2, 0.25) is 0 Å². The van der Waals surface area contributed by atoms with Crippen molar-refractivity contribution in [1.82, 2.24) is 0 Å². The van der Waals surface area contributed by atoms with Gasteiger partial charge in [0.2, 0.25) is 0 Å². The van der Waals surface area contributed by atoms with Crippen molar-refractivity contribution in [2.75, 3.05) is 0 Å². The van der Waals surface area contributed by atoms with Crippen LogP contribution in [0.5, 0.6) is 11.5 Å². The van der Waals surface area contributed by atoms with Gasteiger partial charge in [-0.2, -0.15) is 0 Å². The van der Waals surface area contributed by atoms with Gasteiger partial charge in [0.1, 0.15) is 11.5 Å². The fourth-order valence-electron chi connectivity index (χ4n) is 3.62. The Morgan fingerprint density at radius 1 is 0.656 bits per heavy atom. The topological polar surface area (TPSA) is 35.5 Å². The molecule has 0 radical (unpaired) electrons. The Labute approximate surface area is 193 Å². The maximum absolute atomic E-state index is 13.0. The second-order valence-corrected chi connectivity index (χ2v) is 10.5. The third-order valence-corrected chi connectivity index (χ3v) is 6.72. The molecule has 0 amide bonds. The van der Waals surface area contributed by atoms with Crippen LogP contribution in [0.15, 0.2) is 109 Å². The standard InChI is InChI=1S/C27H24ClO3P/c1-27(2,22-13-7-4-8-14-22)23-17-19-24(20-18-23)30-32(28,29)31-26-16-10-9-15-25(26)21-11-5-3-6-12-21/h3-20H,1-2H3. The molecule has 0 fully saturated rings. The first-order valence-corrected chi connectivity index (χ1v) is 12.8. The summed E-state index contributed by atoms with van der Waals surface area (Å²) in [6, 6.07) is 34.7. The molecule has 1 atom stereocenters. The Bertz CT molecular complexity index is 1220. The van der Waals surface area contributed by atoms with Gasteiger partial charge in [-0.3, -0.25) is 0 Å². The Kier molecular flexibility index (Phi) is 6.41. The molecule has 0 aromatic heterocycles. The highest BCUT2D eigenvalue weighted by atomic mass is 35.7. The molecule has 0 heterocycles. The number of para-hydroxylation sites is 1. The van der Waals surface area contributed by atoms with Crippen LogP contribution >= 0.6 is 18.2 Å². The van der Waals surface area contributed by atoms with Crippen molar-refractivity contribution in [3.8, 4) is 22.6 Å². The van der Waals surface area contributed by atoms with E-state index >= 15 is 0 Å². The van der Waals surface area contributed by atoms with E-state index in [4.69, 9.17) is 20.3 Å². The van der Waals surface area contributed by atoms with Gasteiger partial charge in [-0.1, -0.05) is 105 Å². The third-order valence-electron chi connectivity index (χ3n) is 5.47. The van der Waals surface area contributed by atoms with Crippen LogP contribution in [0.1, 0.15) is 25.0 Å². The van der Waals surface area contributed by atoms with Crippen molar-refractivity contribution in [2.24, 2.45) is 0 Å². The average Bonchev–Trinajstić information content (AvgIpc) is 2.80. The zero-order valence-corrected chi connectivity index (χ0v) is 19.6. The van der Waals surface area contributed by atoms with Crippen molar-refractivity contribution in [2.45, 2.75) is 19.3 Å². The maximum atomic E-state index is 13.0. The monoisotopic (exact) mass is 462 g/mol. The highest BCUT2D eigenvalue weighted by molar-refractivity contribution is 7.82. The van der Waals surface area contributed by atoms with Crippen molar-refractivity contribution >= 4 is 18.2 Å². The van der Waals surface area contributed by atoms with Gasteiger partial charge in [-0.05, 0) is 34.9 Å². The van der Waals surface area contributed by atoms with E-state index in [1.165, 1.54) is 5.56 Å². The summed E-state index contributed by atoms with van der Waals surface area (Å²) in [5.74, 6) is 0.784. The van der Waals surface area contributed by atoms with E-state index in [0.717, 1.165) is 16.7 Å². The summed E-state index contributed by atoms with van der Waals surface area (Å²) < 4.78 is 24.2. The molecular formula is C27H24ClO3P. The highest BCUT2D eigenvalue weighted by Gasteiger charge is 2.27. The van der Waals surface area contributed by atoms with Gasteiger partial charge in [-0.15, -0.1) is 0 Å². The van der Waals surface area contributed by atoms with Crippen LogP contribution in [-0.2, 0) is 9.98 Å². The van der Waals surface area contributed by atoms with Gasteiger partial charge < -0.3 is 9.05 Å². The molecule has 4 rings (SSSR count). The molecule has 0 spiro atoms. The lowest BCUT2D eigenvalue weighted by Gasteiger charge is -2.26. The molecule has 32 heavy (non-hydrogen) atoms. The zero-order chi connectivity index (χ0) is 22.6. The molecule has 0 saturated carbocycles. The van der Waals surface area contributed by atoms with Crippen molar-refractivity contribution in [1.29, 1.82) is 0 Å². The largest absolute Gasteiger partial charge is 0.530 e. The molecule has 3 nitrogen and oxygen atoms in total. The Balaban J connectivity index is 1.52. The minimum absolute atomic E-state index is 0.185. The molecule has 1 unspecified atom stereocenters. The molecule has 4 aromatic carbocycles. The maximum Gasteiger partial charge on any atom is 0.530 e. The van der Waals surface area contributed by atoms with E-state index in [0.29, 0.717) is 11.5 Å². The van der Waals surface area contributed by atoms with Crippen LogP contribution in [0.3, 0.4) is 0 Å². The van der Waals surface area contributed by atoms with Crippen LogP contribution in [0, 0.1) is 0 Å². The molecular weight excluding hydrogens is 439 g/mol. The summed E-state index contributed by atoms with van der Waals surface area (Å²) in [6.07, 6.45) is 0. The van der Waals surface area contributed by atoms with Gasteiger partial charge in [-0.25, -0.2) is 4.57 Å². The number of halogens is 1.